The predicted octanol–water partition coefficient (Wildman–Crippen LogP) is 3.61. The maximum Gasteiger partial charge on any atom is 0.188 e. The van der Waals surface area contributed by atoms with Crippen molar-refractivity contribution in [2.24, 2.45) is 10.7 Å². The average Bonchev–Trinajstić information content (AvgIpc) is 2.69. The summed E-state index contributed by atoms with van der Waals surface area (Å²) in [5, 5.41) is 3.29. The van der Waals surface area contributed by atoms with Crippen molar-refractivity contribution in [3.8, 4) is 0 Å². The van der Waals surface area contributed by atoms with Crippen LogP contribution in [0, 0.1) is 5.82 Å². The molecule has 1 aliphatic carbocycles. The second-order valence-corrected chi connectivity index (χ2v) is 5.44. The van der Waals surface area contributed by atoms with Crippen LogP contribution in [0.15, 0.2) is 29.3 Å². The molecule has 1 aromatic rings. The number of guanidine groups is 1. The zero-order valence-corrected chi connectivity index (χ0v) is 14.7. The summed E-state index contributed by atoms with van der Waals surface area (Å²) < 4.78 is 13.4. The quantitative estimate of drug-likeness (QED) is 0.348. The molecule has 0 saturated heterocycles. The largest absolute Gasteiger partial charge is 0.370 e. The minimum Gasteiger partial charge on any atom is -0.370 e. The maximum absolute atomic E-state index is 13.4. The van der Waals surface area contributed by atoms with E-state index in [1.807, 2.05) is 6.07 Å². The van der Waals surface area contributed by atoms with Crippen molar-refractivity contribution >= 4 is 29.9 Å². The van der Waals surface area contributed by atoms with Crippen molar-refractivity contribution in [2.45, 2.75) is 51.0 Å². The number of aliphatic imine (C=N–C) groups is 1. The number of nitrogens with one attached hydrogen (secondary N) is 1. The molecule has 0 aliphatic heterocycles. The van der Waals surface area contributed by atoms with E-state index >= 15 is 0 Å². The molecule has 0 aromatic heterocycles. The van der Waals surface area contributed by atoms with Gasteiger partial charge >= 0.3 is 0 Å². The number of halogens is 2. The molecule has 1 aliphatic rings. The summed E-state index contributed by atoms with van der Waals surface area (Å²) in [5.74, 6) is 0.325. The molecule has 21 heavy (non-hydrogen) atoms. The van der Waals surface area contributed by atoms with Crippen LogP contribution in [0.3, 0.4) is 0 Å². The highest BCUT2D eigenvalue weighted by molar-refractivity contribution is 14.0. The lowest BCUT2D eigenvalue weighted by Gasteiger charge is -2.16. The van der Waals surface area contributed by atoms with Crippen LogP contribution in [0.25, 0.3) is 0 Å². The Balaban J connectivity index is 0.00000220. The van der Waals surface area contributed by atoms with E-state index in [1.165, 1.54) is 44.6 Å². The molecular formula is C16H25FIN3. The van der Waals surface area contributed by atoms with Gasteiger partial charge in [0, 0.05) is 12.6 Å². The summed E-state index contributed by atoms with van der Waals surface area (Å²) in [7, 11) is 0. The van der Waals surface area contributed by atoms with Crippen molar-refractivity contribution in [1.29, 1.82) is 0 Å². The van der Waals surface area contributed by atoms with Gasteiger partial charge in [0.25, 0.3) is 0 Å². The first-order chi connectivity index (χ1) is 9.75. The maximum atomic E-state index is 13.4. The van der Waals surface area contributed by atoms with E-state index < -0.39 is 0 Å². The van der Waals surface area contributed by atoms with Crippen LogP contribution >= 0.6 is 24.0 Å². The molecule has 1 fully saturated rings. The van der Waals surface area contributed by atoms with E-state index in [-0.39, 0.29) is 29.8 Å². The number of nitrogens with zero attached hydrogens (tertiary/aromatic N) is 1. The molecular weight excluding hydrogens is 380 g/mol. The van der Waals surface area contributed by atoms with Crippen molar-refractivity contribution in [3.05, 3.63) is 35.6 Å². The third-order valence-electron chi connectivity index (χ3n) is 3.83. The Morgan fingerprint density at radius 2 is 1.86 bits per heavy atom. The Bertz CT molecular complexity index is 443. The third-order valence-corrected chi connectivity index (χ3v) is 3.83. The second-order valence-electron chi connectivity index (χ2n) is 5.44. The number of hydrogen-bond acceptors (Lipinski definition) is 1. The van der Waals surface area contributed by atoms with Gasteiger partial charge in [-0.15, -0.1) is 24.0 Å². The van der Waals surface area contributed by atoms with Gasteiger partial charge in [-0.3, -0.25) is 4.99 Å². The third kappa shape index (κ3) is 6.63. The Hall–Kier alpha value is -0.850. The predicted molar refractivity (Wildman–Crippen MR) is 96.6 cm³/mol. The van der Waals surface area contributed by atoms with E-state index in [0.717, 1.165) is 0 Å². The van der Waals surface area contributed by atoms with E-state index in [0.29, 0.717) is 30.5 Å². The summed E-state index contributed by atoms with van der Waals surface area (Å²) in [6.45, 7) is 0.520. The van der Waals surface area contributed by atoms with Crippen LogP contribution in [-0.2, 0) is 6.42 Å². The van der Waals surface area contributed by atoms with Crippen LogP contribution in [0.5, 0.6) is 0 Å². The highest BCUT2D eigenvalue weighted by Crippen LogP contribution is 2.16. The van der Waals surface area contributed by atoms with Gasteiger partial charge < -0.3 is 11.1 Å². The monoisotopic (exact) mass is 405 g/mol. The number of hydrogen-bond donors (Lipinski definition) is 2. The van der Waals surface area contributed by atoms with Crippen LogP contribution in [0.2, 0.25) is 0 Å². The van der Waals surface area contributed by atoms with Crippen LogP contribution in [-0.4, -0.2) is 18.5 Å². The molecule has 3 nitrogen and oxygen atoms in total. The average molecular weight is 405 g/mol. The van der Waals surface area contributed by atoms with Gasteiger partial charge in [0.15, 0.2) is 5.96 Å². The summed E-state index contributed by atoms with van der Waals surface area (Å²) >= 11 is 0. The van der Waals surface area contributed by atoms with Crippen molar-refractivity contribution < 1.29 is 4.39 Å². The van der Waals surface area contributed by atoms with Gasteiger partial charge in [-0.25, -0.2) is 4.39 Å². The topological polar surface area (TPSA) is 50.4 Å². The van der Waals surface area contributed by atoms with Crippen LogP contribution in [0.1, 0.15) is 44.1 Å². The van der Waals surface area contributed by atoms with Gasteiger partial charge in [-0.1, -0.05) is 43.9 Å². The molecule has 0 heterocycles. The van der Waals surface area contributed by atoms with Crippen molar-refractivity contribution in [3.63, 3.8) is 0 Å². The summed E-state index contributed by atoms with van der Waals surface area (Å²) in [4.78, 5) is 4.30. The number of benzene rings is 1. The number of nitrogens with two attached hydrogens (primary N) is 1. The number of rotatable bonds is 4. The van der Waals surface area contributed by atoms with Gasteiger partial charge in [0.1, 0.15) is 5.82 Å². The molecule has 1 saturated carbocycles. The molecule has 0 amide bonds. The zero-order valence-electron chi connectivity index (χ0n) is 12.4. The van der Waals surface area contributed by atoms with Crippen LogP contribution in [0.4, 0.5) is 4.39 Å². The first-order valence-electron chi connectivity index (χ1n) is 7.55. The first-order valence-corrected chi connectivity index (χ1v) is 7.55. The minimum atomic E-state index is -0.169. The summed E-state index contributed by atoms with van der Waals surface area (Å²) in [6.07, 6.45) is 8.10. The molecule has 5 heteroatoms. The standard InChI is InChI=1S/C16H24FN3.HI/c17-15-10-6-5-7-13(15)11-12-19-16(18)20-14-8-3-1-2-4-9-14;/h5-7,10,14H,1-4,8-9,11-12H2,(H3,18,19,20);1H. The van der Waals surface area contributed by atoms with E-state index in [2.05, 4.69) is 10.3 Å². The molecule has 0 spiro atoms. The van der Waals surface area contributed by atoms with Gasteiger partial charge in [-0.2, -0.15) is 0 Å². The van der Waals surface area contributed by atoms with Gasteiger partial charge in [0.05, 0.1) is 0 Å². The zero-order chi connectivity index (χ0) is 14.2. The molecule has 0 bridgehead atoms. The first kappa shape index (κ1) is 18.2. The second kappa shape index (κ2) is 9.97. The lowest BCUT2D eigenvalue weighted by Crippen LogP contribution is -2.40. The van der Waals surface area contributed by atoms with Crippen molar-refractivity contribution in [1.82, 2.24) is 5.32 Å². The Kier molecular flexibility index (Phi) is 8.64. The Morgan fingerprint density at radius 1 is 1.19 bits per heavy atom. The van der Waals surface area contributed by atoms with E-state index in [1.54, 1.807) is 12.1 Å². The summed E-state index contributed by atoms with van der Waals surface area (Å²) in [6, 6.07) is 7.26. The fourth-order valence-electron chi connectivity index (χ4n) is 2.68. The molecule has 2 rings (SSSR count). The minimum absolute atomic E-state index is 0. The Labute approximate surface area is 143 Å². The molecule has 0 unspecified atom stereocenters. The normalized spacial score (nSPS) is 16.9. The molecule has 118 valence electrons. The molecule has 0 atom stereocenters. The SMILES string of the molecule is I.NC(=NCCc1ccccc1F)NC1CCCCCC1. The highest BCUT2D eigenvalue weighted by atomic mass is 127. The van der Waals surface area contributed by atoms with Crippen molar-refractivity contribution in [2.75, 3.05) is 6.54 Å². The van der Waals surface area contributed by atoms with E-state index in [9.17, 15) is 4.39 Å². The van der Waals surface area contributed by atoms with Crippen LogP contribution < -0.4 is 11.1 Å². The fraction of sp³-hybridized carbons (Fsp3) is 0.562. The lowest BCUT2D eigenvalue weighted by molar-refractivity contribution is 0.530. The van der Waals surface area contributed by atoms with E-state index in [4.69, 9.17) is 5.73 Å². The molecule has 0 radical (unpaired) electrons. The molecule has 3 N–H and O–H groups in total. The van der Waals surface area contributed by atoms with Gasteiger partial charge in [0.2, 0.25) is 0 Å². The summed E-state index contributed by atoms with van der Waals surface area (Å²) in [5.41, 5.74) is 6.60. The Morgan fingerprint density at radius 3 is 2.52 bits per heavy atom. The highest BCUT2D eigenvalue weighted by Gasteiger charge is 2.12. The van der Waals surface area contributed by atoms with Gasteiger partial charge in [-0.05, 0) is 30.9 Å². The smallest absolute Gasteiger partial charge is 0.188 e. The molecule has 1 aromatic carbocycles. The fourth-order valence-corrected chi connectivity index (χ4v) is 2.68. The lowest BCUT2D eigenvalue weighted by atomic mass is 10.1.